The topological polar surface area (TPSA) is 107 Å². The Labute approximate surface area is 243 Å². The Kier molecular flexibility index (Phi) is 6.62. The lowest BCUT2D eigenvalue weighted by atomic mass is 9.77. The van der Waals surface area contributed by atoms with Crippen molar-refractivity contribution in [3.63, 3.8) is 0 Å². The van der Waals surface area contributed by atoms with Crippen molar-refractivity contribution >= 4 is 34.4 Å². The molecule has 7 rings (SSSR count). The van der Waals surface area contributed by atoms with E-state index in [-0.39, 0.29) is 17.2 Å². The fourth-order valence-corrected chi connectivity index (χ4v) is 6.08. The van der Waals surface area contributed by atoms with Crippen LogP contribution in [-0.2, 0) is 0 Å². The lowest BCUT2D eigenvalue weighted by Gasteiger charge is -2.39. The minimum Gasteiger partial charge on any atom is -0.340 e. The minimum absolute atomic E-state index is 0.0237. The molecule has 2 saturated heterocycles. The third kappa shape index (κ3) is 5.09. The number of aromatic amines is 1. The molecule has 2 N–H and O–H groups in total. The number of carbonyl (C=O) groups excluding carboxylic acids is 2. The van der Waals surface area contributed by atoms with Crippen molar-refractivity contribution in [1.82, 2.24) is 29.7 Å². The number of nitrogens with one attached hydrogen (secondary N) is 2. The highest BCUT2D eigenvalue weighted by Gasteiger charge is 2.43. The second kappa shape index (κ2) is 10.7. The number of amides is 2. The highest BCUT2D eigenvalue weighted by Crippen LogP contribution is 2.41. The lowest BCUT2D eigenvalue weighted by molar-refractivity contribution is 0.0560. The Morgan fingerprint density at radius 3 is 2.14 bits per heavy atom. The molecule has 9 nitrogen and oxygen atoms in total. The molecule has 3 aromatic heterocycles. The van der Waals surface area contributed by atoms with Crippen LogP contribution in [0.4, 0.5) is 11.5 Å². The molecule has 5 aromatic rings. The molecule has 2 fully saturated rings. The number of piperidine rings is 1. The number of pyridine rings is 2. The van der Waals surface area contributed by atoms with E-state index in [1.54, 1.807) is 12.1 Å². The number of fused-ring (bicyclic) bond motifs is 1. The largest absolute Gasteiger partial charge is 0.340 e. The van der Waals surface area contributed by atoms with Gasteiger partial charge in [0.05, 0.1) is 11.0 Å². The highest BCUT2D eigenvalue weighted by molar-refractivity contribution is 5.94. The zero-order chi connectivity index (χ0) is 28.5. The first-order chi connectivity index (χ1) is 20.6. The number of anilines is 2. The molecule has 0 aliphatic carbocycles. The zero-order valence-corrected chi connectivity index (χ0v) is 23.2. The summed E-state index contributed by atoms with van der Waals surface area (Å²) in [5.41, 5.74) is 4.25. The molecule has 42 heavy (non-hydrogen) atoms. The summed E-state index contributed by atoms with van der Waals surface area (Å²) in [5.74, 6) is 1.18. The summed E-state index contributed by atoms with van der Waals surface area (Å²) in [6, 6.07) is 28.6. The fraction of sp³-hybridized carbons (Fsp3) is 0.242. The maximum Gasteiger partial charge on any atom is 0.272 e. The Hall–Kier alpha value is -5.05. The van der Waals surface area contributed by atoms with Crippen LogP contribution in [0.2, 0.25) is 0 Å². The minimum atomic E-state index is -0.0688. The van der Waals surface area contributed by atoms with Crippen molar-refractivity contribution in [3.05, 3.63) is 102 Å². The third-order valence-electron chi connectivity index (χ3n) is 8.45. The summed E-state index contributed by atoms with van der Waals surface area (Å²) in [6.45, 7) is 2.68. The second-order valence-electron chi connectivity index (χ2n) is 11.2. The molecule has 210 valence electrons. The van der Waals surface area contributed by atoms with E-state index in [0.29, 0.717) is 54.9 Å². The standard InChI is InChI=1S/C33H31N7O2/c41-31(27-13-6-12-26(35-27)30-37-24-10-4-5-11-25(24)38-30)39-19-16-33(17-20-39)18-21-40(22-33)32(42)28-14-7-15-29(36-28)34-23-8-2-1-3-9-23/h1-15H,16-22H2,(H,34,36)(H,37,38). The number of rotatable bonds is 5. The van der Waals surface area contributed by atoms with Gasteiger partial charge in [-0.3, -0.25) is 9.59 Å². The number of benzene rings is 2. The first-order valence-corrected chi connectivity index (χ1v) is 14.4. The molecule has 0 saturated carbocycles. The second-order valence-corrected chi connectivity index (χ2v) is 11.2. The molecule has 0 unspecified atom stereocenters. The van der Waals surface area contributed by atoms with Crippen LogP contribution in [0.1, 0.15) is 40.2 Å². The Bertz CT molecular complexity index is 1730. The number of para-hydroxylation sites is 3. The molecule has 9 heteroatoms. The quantitative estimate of drug-likeness (QED) is 0.294. The van der Waals surface area contributed by atoms with Crippen molar-refractivity contribution in [2.24, 2.45) is 5.41 Å². The average molecular weight is 558 g/mol. The summed E-state index contributed by atoms with van der Waals surface area (Å²) in [5, 5.41) is 3.26. The SMILES string of the molecule is O=C(c1cccc(Nc2ccccc2)n1)N1CCC2(CCN(C(=O)c3cccc(-c4nc5ccccc5[nH]4)n3)CC2)C1. The fourth-order valence-electron chi connectivity index (χ4n) is 6.08. The van der Waals surface area contributed by atoms with Gasteiger partial charge in [0.1, 0.15) is 22.9 Å². The van der Waals surface area contributed by atoms with Gasteiger partial charge in [-0.05, 0) is 73.2 Å². The van der Waals surface area contributed by atoms with Gasteiger partial charge in [0.15, 0.2) is 5.82 Å². The van der Waals surface area contributed by atoms with Gasteiger partial charge in [0.25, 0.3) is 11.8 Å². The van der Waals surface area contributed by atoms with E-state index in [9.17, 15) is 9.59 Å². The van der Waals surface area contributed by atoms with E-state index in [0.717, 1.165) is 36.0 Å². The van der Waals surface area contributed by atoms with E-state index in [2.05, 4.69) is 25.3 Å². The van der Waals surface area contributed by atoms with Crippen molar-refractivity contribution in [2.75, 3.05) is 31.5 Å². The maximum absolute atomic E-state index is 13.4. The van der Waals surface area contributed by atoms with Crippen molar-refractivity contribution < 1.29 is 9.59 Å². The molecule has 0 bridgehead atoms. The van der Waals surface area contributed by atoms with Gasteiger partial charge >= 0.3 is 0 Å². The van der Waals surface area contributed by atoms with E-state index in [1.807, 2.05) is 88.7 Å². The van der Waals surface area contributed by atoms with Crippen LogP contribution < -0.4 is 5.32 Å². The Balaban J connectivity index is 0.984. The normalized spacial score (nSPS) is 16.2. The Morgan fingerprint density at radius 2 is 1.36 bits per heavy atom. The van der Waals surface area contributed by atoms with Crippen LogP contribution in [0, 0.1) is 5.41 Å². The number of hydrogen-bond donors (Lipinski definition) is 2. The predicted octanol–water partition coefficient (Wildman–Crippen LogP) is 5.53. The van der Waals surface area contributed by atoms with Gasteiger partial charge < -0.3 is 20.1 Å². The van der Waals surface area contributed by atoms with Crippen LogP contribution in [0.25, 0.3) is 22.6 Å². The number of likely N-dealkylation sites (tertiary alicyclic amines) is 2. The van der Waals surface area contributed by atoms with Crippen LogP contribution >= 0.6 is 0 Å². The summed E-state index contributed by atoms with van der Waals surface area (Å²) < 4.78 is 0. The molecule has 0 radical (unpaired) electrons. The number of hydrogen-bond acceptors (Lipinski definition) is 6. The van der Waals surface area contributed by atoms with Gasteiger partial charge in [0.2, 0.25) is 0 Å². The first kappa shape index (κ1) is 25.9. The van der Waals surface area contributed by atoms with Crippen molar-refractivity contribution in [3.8, 4) is 11.5 Å². The smallest absolute Gasteiger partial charge is 0.272 e. The van der Waals surface area contributed by atoms with Gasteiger partial charge in [0, 0.05) is 31.9 Å². The third-order valence-corrected chi connectivity index (χ3v) is 8.45. The number of aromatic nitrogens is 4. The molecular formula is C33H31N7O2. The summed E-state index contributed by atoms with van der Waals surface area (Å²) in [7, 11) is 0. The van der Waals surface area contributed by atoms with Gasteiger partial charge in [-0.1, -0.05) is 42.5 Å². The molecule has 1 spiro atoms. The highest BCUT2D eigenvalue weighted by atomic mass is 16.2. The Morgan fingerprint density at radius 1 is 0.690 bits per heavy atom. The van der Waals surface area contributed by atoms with Gasteiger partial charge in [-0.2, -0.15) is 0 Å². The van der Waals surface area contributed by atoms with E-state index in [1.165, 1.54) is 0 Å². The molecular weight excluding hydrogens is 526 g/mol. The van der Waals surface area contributed by atoms with Crippen LogP contribution in [0.5, 0.6) is 0 Å². The van der Waals surface area contributed by atoms with E-state index >= 15 is 0 Å². The molecule has 2 aliphatic heterocycles. The summed E-state index contributed by atoms with van der Waals surface area (Å²) in [4.78, 5) is 47.8. The van der Waals surface area contributed by atoms with Gasteiger partial charge in [-0.15, -0.1) is 0 Å². The van der Waals surface area contributed by atoms with E-state index in [4.69, 9.17) is 0 Å². The van der Waals surface area contributed by atoms with Crippen molar-refractivity contribution in [1.29, 1.82) is 0 Å². The number of H-pyrrole nitrogens is 1. The molecule has 2 aliphatic rings. The molecule has 0 atom stereocenters. The number of carbonyl (C=O) groups is 2. The lowest BCUT2D eigenvalue weighted by Crippen LogP contribution is -2.45. The van der Waals surface area contributed by atoms with Crippen LogP contribution in [0.15, 0.2) is 91.0 Å². The average Bonchev–Trinajstić information content (AvgIpc) is 3.66. The van der Waals surface area contributed by atoms with Crippen LogP contribution in [0.3, 0.4) is 0 Å². The number of nitrogens with zero attached hydrogens (tertiary/aromatic N) is 5. The number of imidazole rings is 1. The van der Waals surface area contributed by atoms with E-state index < -0.39 is 0 Å². The molecule has 2 aromatic carbocycles. The molecule has 5 heterocycles. The maximum atomic E-state index is 13.4. The summed E-state index contributed by atoms with van der Waals surface area (Å²) >= 11 is 0. The predicted molar refractivity (Wildman–Crippen MR) is 161 cm³/mol. The monoisotopic (exact) mass is 557 g/mol. The molecule has 2 amide bonds. The van der Waals surface area contributed by atoms with Crippen LogP contribution in [-0.4, -0.2) is 67.7 Å². The van der Waals surface area contributed by atoms with Gasteiger partial charge in [-0.25, -0.2) is 15.0 Å². The van der Waals surface area contributed by atoms with Crippen molar-refractivity contribution in [2.45, 2.75) is 19.3 Å². The zero-order valence-electron chi connectivity index (χ0n) is 23.2. The first-order valence-electron chi connectivity index (χ1n) is 14.4. The summed E-state index contributed by atoms with van der Waals surface area (Å²) in [6.07, 6.45) is 2.64.